The van der Waals surface area contributed by atoms with Crippen molar-refractivity contribution < 1.29 is 9.53 Å². The lowest BCUT2D eigenvalue weighted by Crippen LogP contribution is -2.52. The van der Waals surface area contributed by atoms with E-state index in [2.05, 4.69) is 46.6 Å². The molecule has 5 rings (SSSR count). The van der Waals surface area contributed by atoms with E-state index in [0.29, 0.717) is 12.0 Å². The maximum absolute atomic E-state index is 12.4. The molecule has 3 atom stereocenters. The summed E-state index contributed by atoms with van der Waals surface area (Å²) in [5, 5.41) is 3.58. The van der Waals surface area contributed by atoms with Crippen LogP contribution in [-0.4, -0.2) is 37.1 Å². The molecular formula is C19H20N2O2. The standard InChI is InChI=1S/C19H20N2O2/c1-23-18(22)13-11-12-5-4-9-21-10-8-19(17(12)21)14-6-2-3-7-15(14)20-16(13)19/h2-7,12,17,20H,8-11H2,1H3/t12-,17-,19-/m0/s1. The predicted octanol–water partition coefficient (Wildman–Crippen LogP) is 2.44. The van der Waals surface area contributed by atoms with Crippen molar-refractivity contribution in [3.8, 4) is 0 Å². The maximum atomic E-state index is 12.4. The van der Waals surface area contributed by atoms with Crippen molar-refractivity contribution in [3.63, 3.8) is 0 Å². The van der Waals surface area contributed by atoms with E-state index >= 15 is 0 Å². The molecule has 1 fully saturated rings. The van der Waals surface area contributed by atoms with Gasteiger partial charge in [-0.05, 0) is 30.4 Å². The van der Waals surface area contributed by atoms with Gasteiger partial charge in [0.15, 0.2) is 0 Å². The van der Waals surface area contributed by atoms with Gasteiger partial charge in [-0.2, -0.15) is 0 Å². The third kappa shape index (κ3) is 1.52. The Morgan fingerprint density at radius 1 is 1.39 bits per heavy atom. The lowest BCUT2D eigenvalue weighted by Gasteiger charge is -2.46. The Balaban J connectivity index is 1.79. The SMILES string of the molecule is COC(=O)C1=C2Nc3ccccc3[C@@]23CCN2CC=C[C@@H](C1)[C@H]23. The van der Waals surface area contributed by atoms with Gasteiger partial charge < -0.3 is 10.1 Å². The maximum Gasteiger partial charge on any atom is 0.335 e. The molecule has 0 unspecified atom stereocenters. The molecule has 1 aromatic carbocycles. The van der Waals surface area contributed by atoms with Gasteiger partial charge >= 0.3 is 5.97 Å². The number of ether oxygens (including phenoxy) is 1. The number of fused-ring (bicyclic) bond motifs is 1. The Morgan fingerprint density at radius 3 is 3.13 bits per heavy atom. The molecule has 4 nitrogen and oxygen atoms in total. The second-order valence-corrected chi connectivity index (χ2v) is 6.97. The van der Waals surface area contributed by atoms with Crippen LogP contribution in [0.4, 0.5) is 5.69 Å². The zero-order valence-electron chi connectivity index (χ0n) is 13.2. The first kappa shape index (κ1) is 13.4. The smallest absolute Gasteiger partial charge is 0.335 e. The third-order valence-corrected chi connectivity index (χ3v) is 6.11. The van der Waals surface area contributed by atoms with Gasteiger partial charge in [-0.25, -0.2) is 4.79 Å². The molecule has 1 aromatic rings. The van der Waals surface area contributed by atoms with Crippen LogP contribution >= 0.6 is 0 Å². The highest BCUT2D eigenvalue weighted by atomic mass is 16.5. The fraction of sp³-hybridized carbons (Fsp3) is 0.421. The van der Waals surface area contributed by atoms with E-state index in [4.69, 9.17) is 4.74 Å². The van der Waals surface area contributed by atoms with E-state index in [1.807, 2.05) is 0 Å². The number of benzene rings is 1. The van der Waals surface area contributed by atoms with E-state index in [-0.39, 0.29) is 11.4 Å². The highest BCUT2D eigenvalue weighted by Crippen LogP contribution is 2.59. The second-order valence-electron chi connectivity index (χ2n) is 6.97. The van der Waals surface area contributed by atoms with E-state index < -0.39 is 0 Å². The van der Waals surface area contributed by atoms with Crippen LogP contribution in [-0.2, 0) is 14.9 Å². The van der Waals surface area contributed by atoms with Crippen LogP contribution in [0.1, 0.15) is 18.4 Å². The quantitative estimate of drug-likeness (QED) is 0.639. The number of nitrogens with zero attached hydrogens (tertiary/aromatic N) is 1. The molecule has 0 aromatic heterocycles. The number of methoxy groups -OCH3 is 1. The van der Waals surface area contributed by atoms with Crippen LogP contribution in [0.3, 0.4) is 0 Å². The molecule has 3 heterocycles. The molecule has 0 saturated carbocycles. The molecule has 3 aliphatic heterocycles. The Morgan fingerprint density at radius 2 is 2.26 bits per heavy atom. The van der Waals surface area contributed by atoms with Gasteiger partial charge in [0.05, 0.1) is 18.1 Å². The molecule has 1 aliphatic carbocycles. The van der Waals surface area contributed by atoms with E-state index in [1.165, 1.54) is 12.7 Å². The summed E-state index contributed by atoms with van der Waals surface area (Å²) >= 11 is 0. The number of esters is 1. The molecule has 0 bridgehead atoms. The highest BCUT2D eigenvalue weighted by molar-refractivity contribution is 5.93. The van der Waals surface area contributed by atoms with Crippen LogP contribution in [0.2, 0.25) is 0 Å². The van der Waals surface area contributed by atoms with Crippen LogP contribution in [0.25, 0.3) is 0 Å². The number of hydrogen-bond acceptors (Lipinski definition) is 4. The Kier molecular flexibility index (Phi) is 2.61. The normalized spacial score (nSPS) is 33.8. The summed E-state index contributed by atoms with van der Waals surface area (Å²) in [4.78, 5) is 15.0. The number of carbonyl (C=O) groups excluding carboxylic acids is 1. The monoisotopic (exact) mass is 308 g/mol. The van der Waals surface area contributed by atoms with Gasteiger partial charge in [0.25, 0.3) is 0 Å². The first-order chi connectivity index (χ1) is 11.3. The van der Waals surface area contributed by atoms with Crippen LogP contribution in [0.15, 0.2) is 47.7 Å². The van der Waals surface area contributed by atoms with Crippen LogP contribution in [0, 0.1) is 5.92 Å². The van der Waals surface area contributed by atoms with Crippen molar-refractivity contribution in [2.45, 2.75) is 24.3 Å². The zero-order valence-corrected chi connectivity index (χ0v) is 13.2. The lowest BCUT2D eigenvalue weighted by atomic mass is 9.63. The fourth-order valence-corrected chi connectivity index (χ4v) is 5.34. The van der Waals surface area contributed by atoms with Crippen LogP contribution in [0.5, 0.6) is 0 Å². The summed E-state index contributed by atoms with van der Waals surface area (Å²) < 4.78 is 5.11. The molecule has 118 valence electrons. The average Bonchev–Trinajstić information content (AvgIpc) is 3.14. The minimum absolute atomic E-state index is 0.0756. The Bertz CT molecular complexity index is 766. The Hall–Kier alpha value is -2.07. The molecule has 0 radical (unpaired) electrons. The van der Waals surface area contributed by atoms with E-state index in [0.717, 1.165) is 42.9 Å². The van der Waals surface area contributed by atoms with Gasteiger partial charge in [-0.1, -0.05) is 30.4 Å². The number of para-hydroxylation sites is 1. The van der Waals surface area contributed by atoms with Crippen molar-refractivity contribution >= 4 is 11.7 Å². The summed E-state index contributed by atoms with van der Waals surface area (Å²) in [5.41, 5.74) is 4.36. The molecule has 1 spiro atoms. The molecule has 1 saturated heterocycles. The topological polar surface area (TPSA) is 41.6 Å². The number of hydrogen-bond donors (Lipinski definition) is 1. The van der Waals surface area contributed by atoms with Crippen molar-refractivity contribution in [3.05, 3.63) is 53.3 Å². The minimum Gasteiger partial charge on any atom is -0.466 e. The van der Waals surface area contributed by atoms with E-state index in [1.54, 1.807) is 0 Å². The van der Waals surface area contributed by atoms with Gasteiger partial charge in [-0.15, -0.1) is 0 Å². The number of nitrogens with one attached hydrogen (secondary N) is 1. The summed E-state index contributed by atoms with van der Waals surface area (Å²) in [7, 11) is 1.48. The number of rotatable bonds is 1. The summed E-state index contributed by atoms with van der Waals surface area (Å²) in [6.45, 7) is 2.10. The van der Waals surface area contributed by atoms with Gasteiger partial charge in [0, 0.05) is 30.5 Å². The number of anilines is 1. The average molecular weight is 308 g/mol. The largest absolute Gasteiger partial charge is 0.466 e. The van der Waals surface area contributed by atoms with Crippen LogP contribution < -0.4 is 5.32 Å². The lowest BCUT2D eigenvalue weighted by molar-refractivity contribution is -0.136. The predicted molar refractivity (Wildman–Crippen MR) is 88.0 cm³/mol. The zero-order chi connectivity index (χ0) is 15.6. The fourth-order valence-electron chi connectivity index (χ4n) is 5.34. The molecule has 0 amide bonds. The number of carbonyl (C=O) groups is 1. The van der Waals surface area contributed by atoms with Gasteiger partial charge in [0.1, 0.15) is 0 Å². The van der Waals surface area contributed by atoms with Gasteiger partial charge in [0.2, 0.25) is 0 Å². The third-order valence-electron chi connectivity index (χ3n) is 6.11. The van der Waals surface area contributed by atoms with Crippen molar-refractivity contribution in [1.29, 1.82) is 0 Å². The first-order valence-electron chi connectivity index (χ1n) is 8.35. The van der Waals surface area contributed by atoms with E-state index in [9.17, 15) is 4.79 Å². The molecule has 4 heteroatoms. The van der Waals surface area contributed by atoms with Crippen molar-refractivity contribution in [1.82, 2.24) is 4.90 Å². The summed E-state index contributed by atoms with van der Waals surface area (Å²) in [6, 6.07) is 8.98. The van der Waals surface area contributed by atoms with Crippen molar-refractivity contribution in [2.75, 3.05) is 25.5 Å². The highest BCUT2D eigenvalue weighted by Gasteiger charge is 2.60. The summed E-state index contributed by atoms with van der Waals surface area (Å²) in [6.07, 6.45) is 6.40. The second kappa shape index (κ2) is 4.48. The molecular weight excluding hydrogens is 288 g/mol. The molecule has 4 aliphatic rings. The molecule has 1 N–H and O–H groups in total. The molecule has 23 heavy (non-hydrogen) atoms. The van der Waals surface area contributed by atoms with Gasteiger partial charge in [-0.3, -0.25) is 4.90 Å². The van der Waals surface area contributed by atoms with Crippen molar-refractivity contribution in [2.24, 2.45) is 5.92 Å². The Labute approximate surface area is 135 Å². The first-order valence-corrected chi connectivity index (χ1v) is 8.35. The minimum atomic E-state index is -0.185. The summed E-state index contributed by atoms with van der Waals surface area (Å²) in [5.74, 6) is 0.201.